The van der Waals surface area contributed by atoms with E-state index in [0.29, 0.717) is 12.6 Å². The Labute approximate surface area is 120 Å². The zero-order valence-electron chi connectivity index (χ0n) is 12.1. The second-order valence-corrected chi connectivity index (χ2v) is 5.63. The molecule has 2 atom stereocenters. The molecule has 0 aliphatic rings. The van der Waals surface area contributed by atoms with Gasteiger partial charge in [-0.05, 0) is 45.0 Å². The number of hydrogen-bond donors (Lipinski definition) is 1. The van der Waals surface area contributed by atoms with Crippen molar-refractivity contribution in [2.45, 2.75) is 43.4 Å². The fourth-order valence-corrected chi connectivity index (χ4v) is 2.74. The number of thioether (sulfide) groups is 1. The van der Waals surface area contributed by atoms with E-state index in [4.69, 9.17) is 4.74 Å². The maximum absolute atomic E-state index is 11.8. The van der Waals surface area contributed by atoms with Gasteiger partial charge in [-0.25, -0.2) is 0 Å². The molecule has 4 heteroatoms. The van der Waals surface area contributed by atoms with Gasteiger partial charge in [0, 0.05) is 10.9 Å². The number of ether oxygens (including phenoxy) is 1. The van der Waals surface area contributed by atoms with E-state index in [1.807, 2.05) is 33.0 Å². The molecular weight excluding hydrogens is 258 g/mol. The molecule has 0 aromatic heterocycles. The SMILES string of the molecule is CCOC(=O)C(CC)Sc1cccc(C(C)NC)c1. The molecule has 106 valence electrons. The Kier molecular flexibility index (Phi) is 6.95. The maximum Gasteiger partial charge on any atom is 0.319 e. The lowest BCUT2D eigenvalue weighted by Crippen LogP contribution is -2.19. The average molecular weight is 281 g/mol. The van der Waals surface area contributed by atoms with Crippen molar-refractivity contribution in [2.24, 2.45) is 0 Å². The molecule has 0 amide bonds. The first-order valence-corrected chi connectivity index (χ1v) is 7.60. The Hall–Kier alpha value is -1.00. The first-order chi connectivity index (χ1) is 9.12. The standard InChI is InChI=1S/C15H23NO2S/c1-5-14(15(17)18-6-2)19-13-9-7-8-12(10-13)11(3)16-4/h7-11,14,16H,5-6H2,1-4H3. The van der Waals surface area contributed by atoms with Gasteiger partial charge >= 0.3 is 5.97 Å². The van der Waals surface area contributed by atoms with Gasteiger partial charge in [0.05, 0.1) is 6.61 Å². The summed E-state index contributed by atoms with van der Waals surface area (Å²) < 4.78 is 5.09. The number of carbonyl (C=O) groups is 1. The topological polar surface area (TPSA) is 38.3 Å². The molecule has 0 saturated carbocycles. The zero-order valence-corrected chi connectivity index (χ0v) is 12.9. The highest BCUT2D eigenvalue weighted by molar-refractivity contribution is 8.00. The van der Waals surface area contributed by atoms with E-state index in [0.717, 1.165) is 11.3 Å². The molecule has 0 bridgehead atoms. The summed E-state index contributed by atoms with van der Waals surface area (Å²) >= 11 is 1.58. The first kappa shape index (κ1) is 16.1. The third-order valence-corrected chi connectivity index (χ3v) is 4.33. The van der Waals surface area contributed by atoms with Crippen LogP contribution < -0.4 is 5.32 Å². The van der Waals surface area contributed by atoms with Gasteiger partial charge in [0.2, 0.25) is 0 Å². The van der Waals surface area contributed by atoms with Crippen molar-refractivity contribution in [1.82, 2.24) is 5.32 Å². The predicted octanol–water partition coefficient (Wildman–Crippen LogP) is 3.40. The highest BCUT2D eigenvalue weighted by atomic mass is 32.2. The van der Waals surface area contributed by atoms with Crippen LogP contribution in [0.2, 0.25) is 0 Å². The van der Waals surface area contributed by atoms with Gasteiger partial charge in [0.1, 0.15) is 5.25 Å². The van der Waals surface area contributed by atoms with Crippen molar-refractivity contribution in [2.75, 3.05) is 13.7 Å². The number of benzene rings is 1. The second kappa shape index (κ2) is 8.23. The van der Waals surface area contributed by atoms with E-state index < -0.39 is 0 Å². The van der Waals surface area contributed by atoms with Crippen LogP contribution in [-0.2, 0) is 9.53 Å². The Morgan fingerprint density at radius 1 is 1.42 bits per heavy atom. The van der Waals surface area contributed by atoms with Crippen LogP contribution in [0.4, 0.5) is 0 Å². The monoisotopic (exact) mass is 281 g/mol. The molecule has 0 aliphatic heterocycles. The quantitative estimate of drug-likeness (QED) is 0.614. The van der Waals surface area contributed by atoms with E-state index in [1.54, 1.807) is 11.8 Å². The molecule has 0 radical (unpaired) electrons. The van der Waals surface area contributed by atoms with E-state index in [-0.39, 0.29) is 11.2 Å². The summed E-state index contributed by atoms with van der Waals surface area (Å²) in [6.45, 7) is 6.40. The third-order valence-electron chi connectivity index (χ3n) is 2.99. The van der Waals surface area contributed by atoms with Crippen LogP contribution in [0.15, 0.2) is 29.2 Å². The van der Waals surface area contributed by atoms with E-state index in [9.17, 15) is 4.79 Å². The Morgan fingerprint density at radius 2 is 2.16 bits per heavy atom. The highest BCUT2D eigenvalue weighted by Gasteiger charge is 2.19. The van der Waals surface area contributed by atoms with Crippen LogP contribution in [0.1, 0.15) is 38.8 Å². The normalized spacial score (nSPS) is 13.9. The van der Waals surface area contributed by atoms with Crippen molar-refractivity contribution >= 4 is 17.7 Å². The van der Waals surface area contributed by atoms with Crippen molar-refractivity contribution < 1.29 is 9.53 Å². The minimum atomic E-state index is -0.125. The Morgan fingerprint density at radius 3 is 2.74 bits per heavy atom. The minimum absolute atomic E-state index is 0.123. The average Bonchev–Trinajstić information content (AvgIpc) is 2.44. The van der Waals surface area contributed by atoms with E-state index >= 15 is 0 Å². The van der Waals surface area contributed by atoms with Gasteiger partial charge in [-0.2, -0.15) is 0 Å². The van der Waals surface area contributed by atoms with Crippen molar-refractivity contribution in [3.8, 4) is 0 Å². The Bertz CT molecular complexity index is 409. The molecule has 1 aromatic carbocycles. The summed E-state index contributed by atoms with van der Waals surface area (Å²) in [4.78, 5) is 12.9. The predicted molar refractivity (Wildman–Crippen MR) is 80.5 cm³/mol. The molecule has 0 spiro atoms. The fourth-order valence-electron chi connectivity index (χ4n) is 1.72. The van der Waals surface area contributed by atoms with Crippen molar-refractivity contribution in [1.29, 1.82) is 0 Å². The summed E-state index contributed by atoms with van der Waals surface area (Å²) in [7, 11) is 1.94. The highest BCUT2D eigenvalue weighted by Crippen LogP contribution is 2.28. The molecule has 19 heavy (non-hydrogen) atoms. The van der Waals surface area contributed by atoms with Crippen LogP contribution in [0, 0.1) is 0 Å². The molecule has 1 N–H and O–H groups in total. The second-order valence-electron chi connectivity index (χ2n) is 4.35. The molecule has 0 heterocycles. The zero-order chi connectivity index (χ0) is 14.3. The maximum atomic E-state index is 11.8. The smallest absolute Gasteiger partial charge is 0.319 e. The molecule has 2 unspecified atom stereocenters. The lowest BCUT2D eigenvalue weighted by Gasteiger charge is -2.15. The summed E-state index contributed by atoms with van der Waals surface area (Å²) in [5.41, 5.74) is 1.23. The van der Waals surface area contributed by atoms with Crippen LogP contribution in [0.3, 0.4) is 0 Å². The molecular formula is C15H23NO2S. The summed E-state index contributed by atoms with van der Waals surface area (Å²) in [6.07, 6.45) is 0.773. The van der Waals surface area contributed by atoms with E-state index in [1.165, 1.54) is 5.56 Å². The van der Waals surface area contributed by atoms with Crippen LogP contribution in [-0.4, -0.2) is 24.9 Å². The molecule has 3 nitrogen and oxygen atoms in total. The van der Waals surface area contributed by atoms with Gasteiger partial charge in [-0.1, -0.05) is 19.1 Å². The molecule has 1 aromatic rings. The first-order valence-electron chi connectivity index (χ1n) is 6.72. The van der Waals surface area contributed by atoms with Crippen LogP contribution in [0.5, 0.6) is 0 Å². The molecule has 0 fully saturated rings. The number of rotatable bonds is 7. The van der Waals surface area contributed by atoms with Gasteiger partial charge in [-0.3, -0.25) is 4.79 Å². The lowest BCUT2D eigenvalue weighted by atomic mass is 10.1. The number of carbonyl (C=O) groups excluding carboxylic acids is 1. The van der Waals surface area contributed by atoms with Gasteiger partial charge < -0.3 is 10.1 Å². The molecule has 0 aliphatic carbocycles. The lowest BCUT2D eigenvalue weighted by molar-refractivity contribution is -0.142. The number of nitrogens with one attached hydrogen (secondary N) is 1. The van der Waals surface area contributed by atoms with Crippen molar-refractivity contribution in [3.63, 3.8) is 0 Å². The van der Waals surface area contributed by atoms with Crippen LogP contribution in [0.25, 0.3) is 0 Å². The summed E-state index contributed by atoms with van der Waals surface area (Å²) in [6, 6.07) is 8.61. The number of esters is 1. The van der Waals surface area contributed by atoms with Gasteiger partial charge in [0.25, 0.3) is 0 Å². The Balaban J connectivity index is 2.77. The van der Waals surface area contributed by atoms with Gasteiger partial charge in [0.15, 0.2) is 0 Å². The van der Waals surface area contributed by atoms with E-state index in [2.05, 4.69) is 24.4 Å². The number of hydrogen-bond acceptors (Lipinski definition) is 4. The van der Waals surface area contributed by atoms with Crippen LogP contribution >= 0.6 is 11.8 Å². The minimum Gasteiger partial charge on any atom is -0.465 e. The molecule has 0 saturated heterocycles. The van der Waals surface area contributed by atoms with Crippen molar-refractivity contribution in [3.05, 3.63) is 29.8 Å². The summed E-state index contributed by atoms with van der Waals surface area (Å²) in [5, 5.41) is 3.09. The fraction of sp³-hybridized carbons (Fsp3) is 0.533. The third kappa shape index (κ3) is 4.88. The molecule has 1 rings (SSSR count). The summed E-state index contributed by atoms with van der Waals surface area (Å²) in [5.74, 6) is -0.123. The van der Waals surface area contributed by atoms with Gasteiger partial charge in [-0.15, -0.1) is 11.8 Å². The largest absolute Gasteiger partial charge is 0.465 e.